The van der Waals surface area contributed by atoms with E-state index in [1.165, 1.54) is 4.31 Å². The van der Waals surface area contributed by atoms with Gasteiger partial charge in [0.25, 0.3) is 0 Å². The van der Waals surface area contributed by atoms with Crippen molar-refractivity contribution in [2.75, 3.05) is 19.6 Å². The molecule has 0 aliphatic rings. The molecule has 130 valence electrons. The number of aryl methyl sites for hydroxylation is 1. The molecule has 0 aromatic heterocycles. The van der Waals surface area contributed by atoms with Crippen molar-refractivity contribution < 1.29 is 13.2 Å². The van der Waals surface area contributed by atoms with E-state index >= 15 is 0 Å². The third-order valence-corrected chi connectivity index (χ3v) is 5.78. The van der Waals surface area contributed by atoms with E-state index in [0.29, 0.717) is 12.1 Å². The highest BCUT2D eigenvalue weighted by Crippen LogP contribution is 2.28. The van der Waals surface area contributed by atoms with E-state index in [9.17, 15) is 13.2 Å². The smallest absolute Gasteiger partial charge is 0.243 e. The first-order chi connectivity index (χ1) is 10.5. The number of nitrogens with one attached hydrogen (secondary N) is 1. The van der Waals surface area contributed by atoms with Crippen LogP contribution in [0.5, 0.6) is 0 Å². The highest BCUT2D eigenvalue weighted by atomic mass is 32.2. The molecule has 1 N–H and O–H groups in total. The van der Waals surface area contributed by atoms with E-state index in [2.05, 4.69) is 5.32 Å². The van der Waals surface area contributed by atoms with Gasteiger partial charge in [-0.3, -0.25) is 4.79 Å². The Bertz CT molecular complexity index is 661. The predicted molar refractivity (Wildman–Crippen MR) is 93.0 cm³/mol. The zero-order chi connectivity index (χ0) is 17.8. The van der Waals surface area contributed by atoms with Crippen LogP contribution in [0, 0.1) is 6.92 Å². The van der Waals surface area contributed by atoms with Gasteiger partial charge in [0.15, 0.2) is 0 Å². The standard InChI is InChI=1S/C17H28N2O3S/c1-7-18-16(20)12-19(8-2)23(21,22)15-11-14(17(4,5)6)10-9-13(15)3/h9-11H,7-8,12H2,1-6H3,(H,18,20). The summed E-state index contributed by atoms with van der Waals surface area (Å²) in [6.07, 6.45) is 0. The van der Waals surface area contributed by atoms with Crippen molar-refractivity contribution in [3.63, 3.8) is 0 Å². The molecule has 23 heavy (non-hydrogen) atoms. The van der Waals surface area contributed by atoms with Gasteiger partial charge in [0, 0.05) is 13.1 Å². The predicted octanol–water partition coefficient (Wildman–Crippen LogP) is 2.44. The molecule has 0 radical (unpaired) electrons. The molecule has 0 fully saturated rings. The average Bonchev–Trinajstić information content (AvgIpc) is 2.43. The van der Waals surface area contributed by atoms with Gasteiger partial charge in [-0.05, 0) is 36.5 Å². The summed E-state index contributed by atoms with van der Waals surface area (Å²) >= 11 is 0. The second-order valence-corrected chi connectivity index (χ2v) is 8.52. The summed E-state index contributed by atoms with van der Waals surface area (Å²) < 4.78 is 27.1. The molecule has 1 aromatic carbocycles. The Morgan fingerprint density at radius 2 is 1.83 bits per heavy atom. The molecule has 0 bridgehead atoms. The molecule has 0 spiro atoms. The Kier molecular flexibility index (Phi) is 6.36. The van der Waals surface area contributed by atoms with Crippen LogP contribution in [-0.4, -0.2) is 38.3 Å². The number of rotatable bonds is 6. The van der Waals surface area contributed by atoms with E-state index in [-0.39, 0.29) is 29.3 Å². The Balaban J connectivity index is 3.27. The van der Waals surface area contributed by atoms with E-state index in [1.54, 1.807) is 26.8 Å². The fourth-order valence-corrected chi connectivity index (χ4v) is 3.92. The summed E-state index contributed by atoms with van der Waals surface area (Å²) in [6.45, 7) is 12.0. The number of carbonyl (C=O) groups is 1. The largest absolute Gasteiger partial charge is 0.355 e. The van der Waals surface area contributed by atoms with Gasteiger partial charge >= 0.3 is 0 Å². The summed E-state index contributed by atoms with van der Waals surface area (Å²) in [5, 5.41) is 2.64. The lowest BCUT2D eigenvalue weighted by molar-refractivity contribution is -0.121. The van der Waals surface area contributed by atoms with Crippen LogP contribution in [0.4, 0.5) is 0 Å². The first kappa shape index (κ1) is 19.6. The molecule has 0 aliphatic heterocycles. The lowest BCUT2D eigenvalue weighted by atomic mass is 9.87. The molecule has 5 nitrogen and oxygen atoms in total. The SMILES string of the molecule is CCNC(=O)CN(CC)S(=O)(=O)c1cc(C(C)(C)C)ccc1C. The van der Waals surface area contributed by atoms with Crippen molar-refractivity contribution in [1.29, 1.82) is 0 Å². The normalized spacial score (nSPS) is 12.5. The fraction of sp³-hybridized carbons (Fsp3) is 0.588. The average molecular weight is 340 g/mol. The van der Waals surface area contributed by atoms with E-state index < -0.39 is 10.0 Å². The lowest BCUT2D eigenvalue weighted by Gasteiger charge is -2.24. The van der Waals surface area contributed by atoms with E-state index in [1.807, 2.05) is 32.9 Å². The number of likely N-dealkylation sites (N-methyl/N-ethyl adjacent to an activating group) is 2. The Morgan fingerprint density at radius 1 is 1.22 bits per heavy atom. The van der Waals surface area contributed by atoms with Crippen LogP contribution >= 0.6 is 0 Å². The van der Waals surface area contributed by atoms with Gasteiger partial charge in [-0.1, -0.05) is 39.8 Å². The van der Waals surface area contributed by atoms with E-state index in [0.717, 1.165) is 5.56 Å². The highest BCUT2D eigenvalue weighted by molar-refractivity contribution is 7.89. The van der Waals surface area contributed by atoms with Gasteiger partial charge in [-0.15, -0.1) is 0 Å². The Hall–Kier alpha value is -1.40. The van der Waals surface area contributed by atoms with Crippen molar-refractivity contribution >= 4 is 15.9 Å². The minimum atomic E-state index is -3.71. The van der Waals surface area contributed by atoms with Crippen molar-refractivity contribution in [2.24, 2.45) is 0 Å². The van der Waals surface area contributed by atoms with Crippen LogP contribution in [0.15, 0.2) is 23.1 Å². The number of hydrogen-bond acceptors (Lipinski definition) is 3. The summed E-state index contributed by atoms with van der Waals surface area (Å²) in [6, 6.07) is 5.51. The van der Waals surface area contributed by atoms with Crippen LogP contribution in [0.25, 0.3) is 0 Å². The maximum Gasteiger partial charge on any atom is 0.243 e. The van der Waals surface area contributed by atoms with Crippen LogP contribution in [0.3, 0.4) is 0 Å². The highest BCUT2D eigenvalue weighted by Gasteiger charge is 2.28. The van der Waals surface area contributed by atoms with Gasteiger partial charge in [0.2, 0.25) is 15.9 Å². The number of hydrogen-bond donors (Lipinski definition) is 1. The Morgan fingerprint density at radius 3 is 2.30 bits per heavy atom. The third kappa shape index (κ3) is 4.78. The number of benzene rings is 1. The van der Waals surface area contributed by atoms with Gasteiger partial charge in [-0.2, -0.15) is 4.31 Å². The maximum absolute atomic E-state index is 12.9. The lowest BCUT2D eigenvalue weighted by Crippen LogP contribution is -2.40. The molecule has 1 aromatic rings. The fourth-order valence-electron chi connectivity index (χ4n) is 2.26. The quantitative estimate of drug-likeness (QED) is 0.865. The molecule has 6 heteroatoms. The molecule has 0 unspecified atom stereocenters. The minimum Gasteiger partial charge on any atom is -0.355 e. The van der Waals surface area contributed by atoms with Crippen molar-refractivity contribution in [3.05, 3.63) is 29.3 Å². The zero-order valence-corrected chi connectivity index (χ0v) is 15.8. The molecular weight excluding hydrogens is 312 g/mol. The number of carbonyl (C=O) groups excluding carboxylic acids is 1. The topological polar surface area (TPSA) is 66.5 Å². The zero-order valence-electron chi connectivity index (χ0n) is 14.9. The second kappa shape index (κ2) is 7.45. The van der Waals surface area contributed by atoms with Crippen LogP contribution in [0.2, 0.25) is 0 Å². The number of sulfonamides is 1. The van der Waals surface area contributed by atoms with Crippen molar-refractivity contribution in [2.45, 2.75) is 51.9 Å². The van der Waals surface area contributed by atoms with Crippen LogP contribution in [0.1, 0.15) is 45.7 Å². The first-order valence-electron chi connectivity index (χ1n) is 7.92. The van der Waals surface area contributed by atoms with Gasteiger partial charge in [0.05, 0.1) is 11.4 Å². The summed E-state index contributed by atoms with van der Waals surface area (Å²) in [5.41, 5.74) is 1.50. The maximum atomic E-state index is 12.9. The van der Waals surface area contributed by atoms with Gasteiger partial charge < -0.3 is 5.32 Å². The first-order valence-corrected chi connectivity index (χ1v) is 9.36. The molecule has 0 saturated carbocycles. The Labute approximate surface area is 140 Å². The molecule has 0 heterocycles. The monoisotopic (exact) mass is 340 g/mol. The van der Waals surface area contributed by atoms with Gasteiger partial charge in [-0.25, -0.2) is 8.42 Å². The number of amides is 1. The molecular formula is C17H28N2O3S. The van der Waals surface area contributed by atoms with E-state index in [4.69, 9.17) is 0 Å². The van der Waals surface area contributed by atoms with Crippen LogP contribution < -0.4 is 5.32 Å². The second-order valence-electron chi connectivity index (χ2n) is 6.61. The molecule has 1 amide bonds. The molecule has 0 atom stereocenters. The van der Waals surface area contributed by atoms with Crippen LogP contribution in [-0.2, 0) is 20.2 Å². The minimum absolute atomic E-state index is 0.144. The summed E-state index contributed by atoms with van der Waals surface area (Å²) in [7, 11) is -3.71. The summed E-state index contributed by atoms with van der Waals surface area (Å²) in [4.78, 5) is 12.1. The van der Waals surface area contributed by atoms with Gasteiger partial charge in [0.1, 0.15) is 0 Å². The van der Waals surface area contributed by atoms with Crippen molar-refractivity contribution in [1.82, 2.24) is 9.62 Å². The number of nitrogens with zero attached hydrogens (tertiary/aromatic N) is 1. The molecule has 1 rings (SSSR count). The summed E-state index contributed by atoms with van der Waals surface area (Å²) in [5.74, 6) is -0.289. The molecule has 0 aliphatic carbocycles. The molecule has 0 saturated heterocycles. The third-order valence-electron chi connectivity index (χ3n) is 3.72. The van der Waals surface area contributed by atoms with Crippen molar-refractivity contribution in [3.8, 4) is 0 Å².